The Bertz CT molecular complexity index is 844. The Hall–Kier alpha value is -2.16. The summed E-state index contributed by atoms with van der Waals surface area (Å²) in [5.74, 6) is 0.320. The first kappa shape index (κ1) is 28.4. The maximum atomic E-state index is 13.2. The van der Waals surface area contributed by atoms with Gasteiger partial charge in [0.1, 0.15) is 5.75 Å². The molecule has 0 atom stereocenters. The number of likely N-dealkylation sites (N-methyl/N-ethyl adjacent to an activating group) is 1. The van der Waals surface area contributed by atoms with Crippen LogP contribution in [-0.4, -0.2) is 87.1 Å². The van der Waals surface area contributed by atoms with Crippen molar-refractivity contribution in [1.29, 1.82) is 0 Å². The van der Waals surface area contributed by atoms with Crippen LogP contribution in [0.25, 0.3) is 0 Å². The summed E-state index contributed by atoms with van der Waals surface area (Å²) in [6.45, 7) is 3.05. The lowest BCUT2D eigenvalue weighted by Crippen LogP contribution is -2.41. The van der Waals surface area contributed by atoms with E-state index in [-0.39, 0.29) is 24.5 Å². The average molecular weight is 502 g/mol. The van der Waals surface area contributed by atoms with Crippen LogP contribution in [0.4, 0.5) is 0 Å². The van der Waals surface area contributed by atoms with Crippen LogP contribution in [0.3, 0.4) is 0 Å². The molecule has 8 heteroatoms. The van der Waals surface area contributed by atoms with Crippen molar-refractivity contribution in [2.45, 2.75) is 89.0 Å². The minimum Gasteiger partial charge on any atom is -0.484 e. The van der Waals surface area contributed by atoms with Crippen LogP contribution in [-0.2, 0) is 11.3 Å². The van der Waals surface area contributed by atoms with Crippen molar-refractivity contribution in [3.8, 4) is 5.75 Å². The Kier molecular flexibility index (Phi) is 11.0. The molecule has 0 aromatic heterocycles. The molecule has 36 heavy (non-hydrogen) atoms. The molecule has 202 valence electrons. The molecular formula is C28H47N5O3. The topological polar surface area (TPSA) is 85.9 Å². The van der Waals surface area contributed by atoms with Gasteiger partial charge in [-0.15, -0.1) is 0 Å². The molecule has 0 saturated heterocycles. The average Bonchev–Trinajstić information content (AvgIpc) is 2.87. The summed E-state index contributed by atoms with van der Waals surface area (Å²) in [5, 5.41) is 9.67. The number of carbonyl (C=O) groups is 2. The number of ether oxygens (including phenoxy) is 1. The van der Waals surface area contributed by atoms with Gasteiger partial charge in [-0.25, -0.2) is 0 Å². The molecule has 2 amide bonds. The minimum absolute atomic E-state index is 0.0606. The van der Waals surface area contributed by atoms with Crippen molar-refractivity contribution in [2.75, 3.05) is 41.3 Å². The zero-order chi connectivity index (χ0) is 26.1. The highest BCUT2D eigenvalue weighted by atomic mass is 16.5. The SMILES string of the molecule is CCNC(=O)COc1cc(CNC2CCC(N(C)C)CC2)cc(C(=O)NC2CCC(N(C)C)CC2)c1. The molecule has 2 fully saturated rings. The van der Waals surface area contributed by atoms with Gasteiger partial charge in [-0.2, -0.15) is 0 Å². The maximum Gasteiger partial charge on any atom is 0.257 e. The summed E-state index contributed by atoms with van der Waals surface area (Å²) in [4.78, 5) is 29.7. The molecule has 2 aliphatic carbocycles. The molecule has 2 aliphatic rings. The van der Waals surface area contributed by atoms with Crippen molar-refractivity contribution >= 4 is 11.8 Å². The summed E-state index contributed by atoms with van der Waals surface area (Å²) in [6, 6.07) is 7.58. The molecule has 0 radical (unpaired) electrons. The van der Waals surface area contributed by atoms with Crippen LogP contribution in [0, 0.1) is 0 Å². The van der Waals surface area contributed by atoms with Crippen molar-refractivity contribution in [3.05, 3.63) is 29.3 Å². The van der Waals surface area contributed by atoms with E-state index in [1.807, 2.05) is 19.1 Å². The molecule has 0 spiro atoms. The first-order chi connectivity index (χ1) is 17.2. The van der Waals surface area contributed by atoms with E-state index in [0.717, 1.165) is 44.1 Å². The second-order valence-electron chi connectivity index (χ2n) is 10.9. The Morgan fingerprint density at radius 3 is 2.00 bits per heavy atom. The van der Waals surface area contributed by atoms with Gasteiger partial charge < -0.3 is 30.5 Å². The lowest BCUT2D eigenvalue weighted by Gasteiger charge is -2.33. The third kappa shape index (κ3) is 8.75. The fourth-order valence-corrected chi connectivity index (χ4v) is 5.44. The molecular weight excluding hydrogens is 454 g/mol. The number of nitrogens with zero attached hydrogens (tertiary/aromatic N) is 2. The largest absolute Gasteiger partial charge is 0.484 e. The fourth-order valence-electron chi connectivity index (χ4n) is 5.44. The number of amides is 2. The first-order valence-corrected chi connectivity index (χ1v) is 13.7. The van der Waals surface area contributed by atoms with Gasteiger partial charge in [0, 0.05) is 42.8 Å². The molecule has 8 nitrogen and oxygen atoms in total. The predicted octanol–water partition coefficient (Wildman–Crippen LogP) is 2.77. The highest BCUT2D eigenvalue weighted by Crippen LogP contribution is 2.24. The van der Waals surface area contributed by atoms with E-state index in [1.54, 1.807) is 6.07 Å². The molecule has 0 aliphatic heterocycles. The molecule has 0 bridgehead atoms. The number of benzene rings is 1. The van der Waals surface area contributed by atoms with E-state index in [2.05, 4.69) is 53.9 Å². The van der Waals surface area contributed by atoms with Crippen LogP contribution in [0.15, 0.2) is 18.2 Å². The van der Waals surface area contributed by atoms with E-state index >= 15 is 0 Å². The van der Waals surface area contributed by atoms with Gasteiger partial charge in [0.25, 0.3) is 11.8 Å². The van der Waals surface area contributed by atoms with Crippen LogP contribution in [0.1, 0.15) is 74.2 Å². The third-order valence-electron chi connectivity index (χ3n) is 7.76. The summed E-state index contributed by atoms with van der Waals surface area (Å²) < 4.78 is 5.78. The Morgan fingerprint density at radius 2 is 1.44 bits per heavy atom. The summed E-state index contributed by atoms with van der Waals surface area (Å²) in [5.41, 5.74) is 1.59. The van der Waals surface area contributed by atoms with Crippen LogP contribution < -0.4 is 20.7 Å². The molecule has 3 N–H and O–H groups in total. The van der Waals surface area contributed by atoms with E-state index in [0.29, 0.717) is 42.5 Å². The van der Waals surface area contributed by atoms with Crippen LogP contribution >= 0.6 is 0 Å². The highest BCUT2D eigenvalue weighted by Gasteiger charge is 2.25. The number of nitrogens with one attached hydrogen (secondary N) is 3. The number of carbonyl (C=O) groups excluding carboxylic acids is 2. The number of hydrogen-bond acceptors (Lipinski definition) is 6. The van der Waals surface area contributed by atoms with Gasteiger partial charge >= 0.3 is 0 Å². The van der Waals surface area contributed by atoms with Crippen molar-refractivity contribution < 1.29 is 14.3 Å². The van der Waals surface area contributed by atoms with Gasteiger partial charge in [0.05, 0.1) is 0 Å². The first-order valence-electron chi connectivity index (χ1n) is 13.7. The fraction of sp³-hybridized carbons (Fsp3) is 0.714. The van der Waals surface area contributed by atoms with E-state index in [4.69, 9.17) is 4.74 Å². The monoisotopic (exact) mass is 501 g/mol. The zero-order valence-corrected chi connectivity index (χ0v) is 22.9. The molecule has 1 aromatic carbocycles. The smallest absolute Gasteiger partial charge is 0.257 e. The molecule has 0 unspecified atom stereocenters. The third-order valence-corrected chi connectivity index (χ3v) is 7.76. The highest BCUT2D eigenvalue weighted by molar-refractivity contribution is 5.95. The van der Waals surface area contributed by atoms with Gasteiger partial charge in [-0.05, 0) is 110 Å². The summed E-state index contributed by atoms with van der Waals surface area (Å²) in [6.07, 6.45) is 8.88. The van der Waals surface area contributed by atoms with Gasteiger partial charge in [0.2, 0.25) is 0 Å². The Labute approximate surface area is 217 Å². The standard InChI is InChI=1S/C28H47N5O3/c1-6-29-27(34)19-36-26-16-20(18-30-22-7-11-24(12-8-22)32(2)3)15-21(17-26)28(35)31-23-9-13-25(14-10-23)33(4)5/h15-17,22-25,30H,6-14,18-19H2,1-5H3,(H,29,34)(H,31,35). The lowest BCUT2D eigenvalue weighted by molar-refractivity contribution is -0.122. The molecule has 1 aromatic rings. The van der Waals surface area contributed by atoms with Crippen LogP contribution in [0.2, 0.25) is 0 Å². The van der Waals surface area contributed by atoms with Gasteiger partial charge in [-0.3, -0.25) is 9.59 Å². The van der Waals surface area contributed by atoms with Crippen molar-refractivity contribution in [1.82, 2.24) is 25.8 Å². The zero-order valence-electron chi connectivity index (χ0n) is 22.9. The summed E-state index contributed by atoms with van der Waals surface area (Å²) >= 11 is 0. The molecule has 0 heterocycles. The van der Waals surface area contributed by atoms with Crippen molar-refractivity contribution in [2.24, 2.45) is 0 Å². The molecule has 3 rings (SSSR count). The minimum atomic E-state index is -0.165. The quantitative estimate of drug-likeness (QED) is 0.432. The second-order valence-corrected chi connectivity index (χ2v) is 10.9. The predicted molar refractivity (Wildman–Crippen MR) is 144 cm³/mol. The normalized spacial score (nSPS) is 24.5. The van der Waals surface area contributed by atoms with E-state index in [9.17, 15) is 9.59 Å². The summed E-state index contributed by atoms with van der Waals surface area (Å²) in [7, 11) is 8.56. The van der Waals surface area contributed by atoms with Gasteiger partial charge in [0.15, 0.2) is 6.61 Å². The van der Waals surface area contributed by atoms with Crippen molar-refractivity contribution in [3.63, 3.8) is 0 Å². The molecule has 2 saturated carbocycles. The lowest BCUT2D eigenvalue weighted by atomic mass is 9.90. The Morgan fingerprint density at radius 1 is 0.861 bits per heavy atom. The van der Waals surface area contributed by atoms with E-state index in [1.165, 1.54) is 12.8 Å². The van der Waals surface area contributed by atoms with Crippen LogP contribution in [0.5, 0.6) is 5.75 Å². The number of hydrogen-bond donors (Lipinski definition) is 3. The number of rotatable bonds is 11. The second kappa shape index (κ2) is 14.0. The maximum absolute atomic E-state index is 13.2. The van der Waals surface area contributed by atoms with E-state index < -0.39 is 0 Å². The Balaban J connectivity index is 1.63. The van der Waals surface area contributed by atoms with Gasteiger partial charge in [-0.1, -0.05) is 0 Å².